The number of carbonyl (C=O) groups is 1. The van der Waals surface area contributed by atoms with Crippen LogP contribution in [0, 0.1) is 5.82 Å². The minimum atomic E-state index is -0.379. The monoisotopic (exact) mass is 363 g/mol. The zero-order valence-electron chi connectivity index (χ0n) is 11.3. The molecule has 0 radical (unpaired) electrons. The first-order chi connectivity index (χ1) is 10.6. The fourth-order valence-corrected chi connectivity index (χ4v) is 2.25. The predicted molar refractivity (Wildman–Crippen MR) is 82.1 cm³/mol. The van der Waals surface area contributed by atoms with Crippen LogP contribution in [0.2, 0.25) is 0 Å². The van der Waals surface area contributed by atoms with E-state index in [0.717, 1.165) is 0 Å². The van der Waals surface area contributed by atoms with Crippen LogP contribution < -0.4 is 5.32 Å². The molecule has 0 aliphatic heterocycles. The van der Waals surface area contributed by atoms with E-state index in [-0.39, 0.29) is 24.0 Å². The van der Waals surface area contributed by atoms with E-state index in [1.807, 2.05) is 0 Å². The van der Waals surface area contributed by atoms with Gasteiger partial charge in [0.25, 0.3) is 5.91 Å². The van der Waals surface area contributed by atoms with Crippen molar-refractivity contribution in [2.45, 2.75) is 6.54 Å². The quantitative estimate of drug-likeness (QED) is 0.768. The molecule has 5 nitrogen and oxygen atoms in total. The maximum Gasteiger partial charge on any atom is 0.291 e. The van der Waals surface area contributed by atoms with Gasteiger partial charge < -0.3 is 9.73 Å². The molecule has 1 N–H and O–H groups in total. The van der Waals surface area contributed by atoms with Gasteiger partial charge in [0, 0.05) is 11.8 Å². The average Bonchev–Trinajstić information content (AvgIpc) is 3.11. The summed E-state index contributed by atoms with van der Waals surface area (Å²) < 4.78 is 20.8. The summed E-state index contributed by atoms with van der Waals surface area (Å²) in [6.07, 6.45) is 3.12. The minimum Gasteiger partial charge on any atom is -0.444 e. The molecule has 2 heterocycles. The molecule has 0 atom stereocenters. The molecule has 0 saturated heterocycles. The molecule has 0 unspecified atom stereocenters. The Bertz CT molecular complexity index is 812. The molecule has 0 saturated carbocycles. The molecule has 3 rings (SSSR count). The number of halogens is 2. The lowest BCUT2D eigenvalue weighted by Gasteiger charge is -2.03. The number of hydrogen-bond donors (Lipinski definition) is 1. The van der Waals surface area contributed by atoms with E-state index in [1.54, 1.807) is 41.2 Å². The van der Waals surface area contributed by atoms with E-state index in [0.29, 0.717) is 15.9 Å². The van der Waals surface area contributed by atoms with Gasteiger partial charge in [0.05, 0.1) is 18.4 Å². The molecule has 0 bridgehead atoms. The molecule has 1 amide bonds. The lowest BCUT2D eigenvalue weighted by atomic mass is 10.2. The number of nitrogens with one attached hydrogen (secondary N) is 1. The zero-order valence-corrected chi connectivity index (χ0v) is 12.9. The standard InChI is InChI=1S/C15H11BrFN3O2/c16-14-6-5-13(22-14)15(21)19-11-7-18-20(9-11)8-10-3-1-2-4-12(10)17/h1-7,9H,8H2,(H,19,21). The van der Waals surface area contributed by atoms with Crippen molar-refractivity contribution in [1.82, 2.24) is 9.78 Å². The Morgan fingerprint density at radius 2 is 2.14 bits per heavy atom. The van der Waals surface area contributed by atoms with E-state index in [4.69, 9.17) is 4.42 Å². The summed E-state index contributed by atoms with van der Waals surface area (Å²) >= 11 is 3.14. The van der Waals surface area contributed by atoms with Gasteiger partial charge in [-0.25, -0.2) is 4.39 Å². The molecule has 112 valence electrons. The van der Waals surface area contributed by atoms with E-state index >= 15 is 0 Å². The summed E-state index contributed by atoms with van der Waals surface area (Å²) in [7, 11) is 0. The fourth-order valence-electron chi connectivity index (χ4n) is 1.94. The topological polar surface area (TPSA) is 60.1 Å². The van der Waals surface area contributed by atoms with Crippen molar-refractivity contribution in [3.05, 3.63) is 70.6 Å². The van der Waals surface area contributed by atoms with Gasteiger partial charge in [-0.1, -0.05) is 18.2 Å². The molecule has 1 aromatic carbocycles. The molecule has 0 spiro atoms. The van der Waals surface area contributed by atoms with Crippen molar-refractivity contribution >= 4 is 27.5 Å². The Labute approximate surface area is 133 Å². The molecule has 2 aromatic heterocycles. The second kappa shape index (κ2) is 6.15. The summed E-state index contributed by atoms with van der Waals surface area (Å²) in [5, 5.41) is 6.76. The van der Waals surface area contributed by atoms with Gasteiger partial charge in [0.2, 0.25) is 0 Å². The molecule has 0 aliphatic rings. The summed E-state index contributed by atoms with van der Waals surface area (Å²) in [4.78, 5) is 11.9. The van der Waals surface area contributed by atoms with Crippen LogP contribution in [0.5, 0.6) is 0 Å². The van der Waals surface area contributed by atoms with E-state index in [1.165, 1.54) is 12.3 Å². The predicted octanol–water partition coefficient (Wildman–Crippen LogP) is 3.68. The third-order valence-electron chi connectivity index (χ3n) is 2.98. The zero-order chi connectivity index (χ0) is 15.5. The van der Waals surface area contributed by atoms with Crippen LogP contribution in [-0.2, 0) is 6.54 Å². The van der Waals surface area contributed by atoms with Crippen molar-refractivity contribution in [1.29, 1.82) is 0 Å². The summed E-state index contributed by atoms with van der Waals surface area (Å²) in [6, 6.07) is 9.68. The van der Waals surface area contributed by atoms with Crippen molar-refractivity contribution in [2.75, 3.05) is 5.32 Å². The van der Waals surface area contributed by atoms with Gasteiger partial charge in [-0.05, 0) is 34.1 Å². The maximum atomic E-state index is 13.6. The third kappa shape index (κ3) is 3.25. The smallest absolute Gasteiger partial charge is 0.291 e. The normalized spacial score (nSPS) is 10.6. The number of furan rings is 1. The lowest BCUT2D eigenvalue weighted by Crippen LogP contribution is -2.10. The van der Waals surface area contributed by atoms with Crippen LogP contribution in [0.1, 0.15) is 16.1 Å². The number of benzene rings is 1. The summed E-state index contributed by atoms with van der Waals surface area (Å²) in [5.41, 5.74) is 1.03. The highest BCUT2D eigenvalue weighted by Crippen LogP contribution is 2.16. The first-order valence-electron chi connectivity index (χ1n) is 6.44. The Morgan fingerprint density at radius 3 is 2.86 bits per heavy atom. The number of nitrogens with zero attached hydrogens (tertiary/aromatic N) is 2. The van der Waals surface area contributed by atoms with Crippen LogP contribution in [0.4, 0.5) is 10.1 Å². The molecule has 3 aromatic rings. The number of amides is 1. The van der Waals surface area contributed by atoms with Crippen LogP contribution in [-0.4, -0.2) is 15.7 Å². The Morgan fingerprint density at radius 1 is 1.32 bits per heavy atom. The highest BCUT2D eigenvalue weighted by molar-refractivity contribution is 9.10. The Balaban J connectivity index is 1.69. The van der Waals surface area contributed by atoms with Crippen molar-refractivity contribution in [3.8, 4) is 0 Å². The minimum absolute atomic E-state index is 0.189. The molecule has 0 fully saturated rings. The van der Waals surface area contributed by atoms with Crippen LogP contribution in [0.25, 0.3) is 0 Å². The first-order valence-corrected chi connectivity index (χ1v) is 7.23. The second-order valence-corrected chi connectivity index (χ2v) is 5.36. The fraction of sp³-hybridized carbons (Fsp3) is 0.0667. The molecule has 22 heavy (non-hydrogen) atoms. The van der Waals surface area contributed by atoms with Gasteiger partial charge in [-0.15, -0.1) is 0 Å². The van der Waals surface area contributed by atoms with Crippen molar-refractivity contribution in [3.63, 3.8) is 0 Å². The van der Waals surface area contributed by atoms with Gasteiger partial charge in [0.15, 0.2) is 10.4 Å². The number of hydrogen-bond acceptors (Lipinski definition) is 3. The van der Waals surface area contributed by atoms with Crippen LogP contribution in [0.15, 0.2) is 57.9 Å². The van der Waals surface area contributed by atoms with Gasteiger partial charge in [0.1, 0.15) is 5.82 Å². The van der Waals surface area contributed by atoms with Gasteiger partial charge >= 0.3 is 0 Å². The number of anilines is 1. The van der Waals surface area contributed by atoms with Gasteiger partial charge in [-0.2, -0.15) is 5.10 Å². The Hall–Kier alpha value is -2.41. The summed E-state index contributed by atoms with van der Waals surface area (Å²) in [5.74, 6) is -0.478. The number of aromatic nitrogens is 2. The van der Waals surface area contributed by atoms with Gasteiger partial charge in [-0.3, -0.25) is 9.48 Å². The van der Waals surface area contributed by atoms with Crippen molar-refractivity contribution in [2.24, 2.45) is 0 Å². The highest BCUT2D eigenvalue weighted by atomic mass is 79.9. The molecule has 0 aliphatic carbocycles. The van der Waals surface area contributed by atoms with E-state index in [2.05, 4.69) is 26.3 Å². The SMILES string of the molecule is O=C(Nc1cnn(Cc2ccccc2F)c1)c1ccc(Br)o1. The molecular weight excluding hydrogens is 353 g/mol. The first kappa shape index (κ1) is 14.5. The largest absolute Gasteiger partial charge is 0.444 e. The number of rotatable bonds is 4. The molecule has 7 heteroatoms. The molecular formula is C15H11BrFN3O2. The average molecular weight is 364 g/mol. The third-order valence-corrected chi connectivity index (χ3v) is 3.40. The maximum absolute atomic E-state index is 13.6. The van der Waals surface area contributed by atoms with Crippen molar-refractivity contribution < 1.29 is 13.6 Å². The second-order valence-electron chi connectivity index (χ2n) is 4.58. The Kier molecular flexibility index (Phi) is 4.06. The summed E-state index contributed by atoms with van der Waals surface area (Å²) in [6.45, 7) is 0.287. The lowest BCUT2D eigenvalue weighted by molar-refractivity contribution is 0.0995. The highest BCUT2D eigenvalue weighted by Gasteiger charge is 2.12. The van der Waals surface area contributed by atoms with E-state index < -0.39 is 0 Å². The number of carbonyl (C=O) groups excluding carboxylic acids is 1. The van der Waals surface area contributed by atoms with Crippen LogP contribution >= 0.6 is 15.9 Å². The van der Waals surface area contributed by atoms with Crippen LogP contribution in [0.3, 0.4) is 0 Å². The van der Waals surface area contributed by atoms with E-state index in [9.17, 15) is 9.18 Å².